The number of hydrogen-bond acceptors (Lipinski definition) is 5. The van der Waals surface area contributed by atoms with Crippen LogP contribution in [0.5, 0.6) is 0 Å². The SMILES string of the molecule is O=C(Nc1ccc(N2CCCN(S(=O)(=O)c3ccccc3)CC2)nc1)C1CCCCC1. The molecule has 1 aromatic carbocycles. The summed E-state index contributed by atoms with van der Waals surface area (Å²) in [4.78, 5) is 19.4. The van der Waals surface area contributed by atoms with E-state index in [1.54, 1.807) is 34.8 Å². The van der Waals surface area contributed by atoms with Crippen molar-refractivity contribution in [3.63, 3.8) is 0 Å². The lowest BCUT2D eigenvalue weighted by Crippen LogP contribution is -2.35. The van der Waals surface area contributed by atoms with Crippen molar-refractivity contribution >= 4 is 27.4 Å². The molecular formula is C23H30N4O3S. The molecule has 8 heteroatoms. The first kappa shape index (κ1) is 21.8. The Kier molecular flexibility index (Phi) is 6.87. The Morgan fingerprint density at radius 2 is 1.68 bits per heavy atom. The molecule has 166 valence electrons. The van der Waals surface area contributed by atoms with Crippen molar-refractivity contribution in [2.75, 3.05) is 36.4 Å². The Bertz CT molecular complexity index is 974. The Balaban J connectivity index is 1.36. The Hall–Kier alpha value is -2.45. The molecule has 31 heavy (non-hydrogen) atoms. The maximum Gasteiger partial charge on any atom is 0.243 e. The number of anilines is 2. The van der Waals surface area contributed by atoms with Gasteiger partial charge < -0.3 is 10.2 Å². The molecule has 4 rings (SSSR count). The highest BCUT2D eigenvalue weighted by molar-refractivity contribution is 7.89. The maximum absolute atomic E-state index is 12.9. The highest BCUT2D eigenvalue weighted by Gasteiger charge is 2.27. The summed E-state index contributed by atoms with van der Waals surface area (Å²) in [5, 5.41) is 2.99. The van der Waals surface area contributed by atoms with Gasteiger partial charge in [-0.15, -0.1) is 0 Å². The number of benzene rings is 1. The van der Waals surface area contributed by atoms with Crippen molar-refractivity contribution in [1.82, 2.24) is 9.29 Å². The number of carbonyl (C=O) groups excluding carboxylic acids is 1. The summed E-state index contributed by atoms with van der Waals surface area (Å²) in [7, 11) is -3.48. The summed E-state index contributed by atoms with van der Waals surface area (Å²) in [5.41, 5.74) is 0.711. The number of aromatic nitrogens is 1. The summed E-state index contributed by atoms with van der Waals surface area (Å²) >= 11 is 0. The minimum atomic E-state index is -3.48. The Morgan fingerprint density at radius 1 is 0.903 bits per heavy atom. The average Bonchev–Trinajstić information content (AvgIpc) is 3.08. The van der Waals surface area contributed by atoms with Crippen LogP contribution in [0.3, 0.4) is 0 Å². The van der Waals surface area contributed by atoms with Crippen molar-refractivity contribution in [2.24, 2.45) is 5.92 Å². The number of hydrogen-bond donors (Lipinski definition) is 1. The first-order chi connectivity index (χ1) is 15.0. The van der Waals surface area contributed by atoms with Gasteiger partial charge in [-0.1, -0.05) is 37.5 Å². The molecule has 2 aliphatic rings. The van der Waals surface area contributed by atoms with Gasteiger partial charge in [-0.25, -0.2) is 13.4 Å². The number of nitrogens with one attached hydrogen (secondary N) is 1. The van der Waals surface area contributed by atoms with Gasteiger partial charge in [-0.05, 0) is 43.5 Å². The summed E-state index contributed by atoms with van der Waals surface area (Å²) in [6.07, 6.45) is 7.83. The zero-order chi connectivity index (χ0) is 21.7. The van der Waals surface area contributed by atoms with E-state index in [0.29, 0.717) is 30.2 Å². The molecule has 2 fully saturated rings. The normalized spacial score (nSPS) is 19.0. The number of nitrogens with zero attached hydrogens (tertiary/aromatic N) is 3. The van der Waals surface area contributed by atoms with Gasteiger partial charge in [0.15, 0.2) is 0 Å². The minimum Gasteiger partial charge on any atom is -0.355 e. The standard InChI is InChI=1S/C23H30N4O3S/c28-23(19-8-3-1-4-9-19)25-20-12-13-22(24-18-20)26-14-7-15-27(17-16-26)31(29,30)21-10-5-2-6-11-21/h2,5-6,10-13,18-19H,1,3-4,7-9,14-17H2,(H,25,28). The van der Waals surface area contributed by atoms with Crippen LogP contribution in [0.2, 0.25) is 0 Å². The van der Waals surface area contributed by atoms with Crippen LogP contribution in [0.4, 0.5) is 11.5 Å². The van der Waals surface area contributed by atoms with Crippen LogP contribution in [0.25, 0.3) is 0 Å². The van der Waals surface area contributed by atoms with Crippen molar-refractivity contribution in [2.45, 2.75) is 43.4 Å². The molecular weight excluding hydrogens is 412 g/mol. The number of sulfonamides is 1. The van der Waals surface area contributed by atoms with Gasteiger partial charge in [-0.3, -0.25) is 4.79 Å². The topological polar surface area (TPSA) is 82.6 Å². The first-order valence-electron chi connectivity index (χ1n) is 11.1. The molecule has 1 aromatic heterocycles. The van der Waals surface area contributed by atoms with E-state index in [4.69, 9.17) is 0 Å². The minimum absolute atomic E-state index is 0.0887. The van der Waals surface area contributed by atoms with E-state index in [-0.39, 0.29) is 11.8 Å². The smallest absolute Gasteiger partial charge is 0.243 e. The van der Waals surface area contributed by atoms with E-state index in [0.717, 1.165) is 44.5 Å². The second kappa shape index (κ2) is 9.78. The molecule has 1 aliphatic carbocycles. The van der Waals surface area contributed by atoms with Crippen LogP contribution in [0.1, 0.15) is 38.5 Å². The molecule has 1 amide bonds. The zero-order valence-electron chi connectivity index (χ0n) is 17.7. The predicted molar refractivity (Wildman–Crippen MR) is 121 cm³/mol. The van der Waals surface area contributed by atoms with E-state index in [1.165, 1.54) is 6.42 Å². The third-order valence-corrected chi connectivity index (χ3v) is 8.06. The summed E-state index contributed by atoms with van der Waals surface area (Å²) in [6, 6.07) is 12.4. The monoisotopic (exact) mass is 442 g/mol. The van der Waals surface area contributed by atoms with Crippen molar-refractivity contribution < 1.29 is 13.2 Å². The van der Waals surface area contributed by atoms with Crippen molar-refractivity contribution in [3.05, 3.63) is 48.7 Å². The highest BCUT2D eigenvalue weighted by atomic mass is 32.2. The Morgan fingerprint density at radius 3 is 2.39 bits per heavy atom. The molecule has 0 bridgehead atoms. The van der Waals surface area contributed by atoms with Gasteiger partial charge >= 0.3 is 0 Å². The Labute approximate surface area is 184 Å². The third-order valence-electron chi connectivity index (χ3n) is 6.15. The summed E-state index contributed by atoms with van der Waals surface area (Å²) in [6.45, 7) is 2.22. The van der Waals surface area contributed by atoms with Gasteiger partial charge in [0, 0.05) is 32.1 Å². The highest BCUT2D eigenvalue weighted by Crippen LogP contribution is 2.25. The third kappa shape index (κ3) is 5.25. The van der Waals surface area contributed by atoms with Gasteiger partial charge in [-0.2, -0.15) is 4.31 Å². The average molecular weight is 443 g/mol. The fourth-order valence-corrected chi connectivity index (χ4v) is 5.85. The lowest BCUT2D eigenvalue weighted by atomic mass is 9.88. The second-order valence-corrected chi connectivity index (χ2v) is 10.2. The van der Waals surface area contributed by atoms with Crippen LogP contribution < -0.4 is 10.2 Å². The van der Waals surface area contributed by atoms with Crippen LogP contribution >= 0.6 is 0 Å². The molecule has 1 saturated carbocycles. The lowest BCUT2D eigenvalue weighted by Gasteiger charge is -2.23. The fourth-order valence-electron chi connectivity index (χ4n) is 4.36. The summed E-state index contributed by atoms with van der Waals surface area (Å²) in [5.74, 6) is 0.997. The molecule has 0 atom stereocenters. The number of carbonyl (C=O) groups is 1. The van der Waals surface area contributed by atoms with Gasteiger partial charge in [0.25, 0.3) is 0 Å². The van der Waals surface area contributed by atoms with Crippen molar-refractivity contribution in [1.29, 1.82) is 0 Å². The largest absolute Gasteiger partial charge is 0.355 e. The molecule has 1 aliphatic heterocycles. The number of rotatable bonds is 5. The lowest BCUT2D eigenvalue weighted by molar-refractivity contribution is -0.120. The summed E-state index contributed by atoms with van der Waals surface area (Å²) < 4.78 is 27.4. The van der Waals surface area contributed by atoms with E-state index in [9.17, 15) is 13.2 Å². The van der Waals surface area contributed by atoms with Gasteiger partial charge in [0.1, 0.15) is 5.82 Å². The van der Waals surface area contributed by atoms with E-state index >= 15 is 0 Å². The molecule has 0 spiro atoms. The van der Waals surface area contributed by atoms with Crippen LogP contribution in [-0.2, 0) is 14.8 Å². The van der Waals surface area contributed by atoms with Crippen LogP contribution in [0.15, 0.2) is 53.6 Å². The molecule has 7 nitrogen and oxygen atoms in total. The number of amides is 1. The van der Waals surface area contributed by atoms with Crippen LogP contribution in [-0.4, -0.2) is 49.8 Å². The zero-order valence-corrected chi connectivity index (χ0v) is 18.6. The molecule has 2 heterocycles. The molecule has 1 saturated heterocycles. The van der Waals surface area contributed by atoms with Gasteiger partial charge in [0.2, 0.25) is 15.9 Å². The molecule has 2 aromatic rings. The molecule has 1 N–H and O–H groups in total. The van der Waals surface area contributed by atoms with Crippen LogP contribution in [0, 0.1) is 5.92 Å². The predicted octanol–water partition coefficient (Wildman–Crippen LogP) is 3.50. The quantitative estimate of drug-likeness (QED) is 0.766. The number of pyridine rings is 1. The molecule has 0 radical (unpaired) electrons. The van der Waals surface area contributed by atoms with E-state index in [2.05, 4.69) is 15.2 Å². The van der Waals surface area contributed by atoms with E-state index < -0.39 is 10.0 Å². The van der Waals surface area contributed by atoms with Crippen molar-refractivity contribution in [3.8, 4) is 0 Å². The first-order valence-corrected chi connectivity index (χ1v) is 12.5. The maximum atomic E-state index is 12.9. The van der Waals surface area contributed by atoms with Gasteiger partial charge in [0.05, 0.1) is 16.8 Å². The fraction of sp³-hybridized carbons (Fsp3) is 0.478. The van der Waals surface area contributed by atoms with E-state index in [1.807, 2.05) is 18.2 Å². The molecule has 0 unspecified atom stereocenters. The second-order valence-electron chi connectivity index (χ2n) is 8.29.